The van der Waals surface area contributed by atoms with E-state index in [4.69, 9.17) is 22.4 Å². The second-order valence-corrected chi connectivity index (χ2v) is 5.91. The first-order valence-electron chi connectivity index (χ1n) is 7.74. The zero-order chi connectivity index (χ0) is 19.3. The second kappa shape index (κ2) is 8.50. The van der Waals surface area contributed by atoms with Gasteiger partial charge >= 0.3 is 5.97 Å². The van der Waals surface area contributed by atoms with E-state index < -0.39 is 36.3 Å². The Morgan fingerprint density at radius 3 is 2.23 bits per heavy atom. The van der Waals surface area contributed by atoms with E-state index in [1.807, 2.05) is 0 Å². The van der Waals surface area contributed by atoms with Crippen molar-refractivity contribution in [3.8, 4) is 0 Å². The Morgan fingerprint density at radius 2 is 1.73 bits per heavy atom. The van der Waals surface area contributed by atoms with Crippen molar-refractivity contribution < 1.29 is 29.4 Å². The molecule has 0 aromatic heterocycles. The number of nitrogens with zero attached hydrogens (tertiary/aromatic N) is 1. The van der Waals surface area contributed by atoms with Crippen LogP contribution in [0.25, 0.3) is 0 Å². The summed E-state index contributed by atoms with van der Waals surface area (Å²) < 4.78 is 0. The minimum absolute atomic E-state index is 0.0217. The molecule has 0 radical (unpaired) electrons. The van der Waals surface area contributed by atoms with E-state index in [1.165, 1.54) is 0 Å². The number of thiocarbonyl (C=S) groups is 1. The molecule has 0 saturated heterocycles. The maximum absolute atomic E-state index is 12.2. The van der Waals surface area contributed by atoms with Gasteiger partial charge in [0.05, 0.1) is 17.7 Å². The van der Waals surface area contributed by atoms with Gasteiger partial charge in [-0.25, -0.2) is 4.79 Å². The van der Waals surface area contributed by atoms with Crippen LogP contribution in [0, 0.1) is 0 Å². The summed E-state index contributed by atoms with van der Waals surface area (Å²) in [4.78, 5) is 48.0. The second-order valence-electron chi connectivity index (χ2n) is 5.51. The predicted molar refractivity (Wildman–Crippen MR) is 93.4 cm³/mol. The van der Waals surface area contributed by atoms with E-state index in [1.54, 1.807) is 24.3 Å². The molecule has 1 aliphatic heterocycles. The van der Waals surface area contributed by atoms with Gasteiger partial charge in [-0.15, -0.1) is 0 Å². The molecule has 1 aliphatic rings. The Bertz CT molecular complexity index is 731. The van der Waals surface area contributed by atoms with E-state index in [2.05, 4.69) is 10.6 Å². The Hall–Kier alpha value is -2.85. The lowest BCUT2D eigenvalue weighted by Gasteiger charge is -2.15. The maximum Gasteiger partial charge on any atom is 0.328 e. The number of amides is 3. The van der Waals surface area contributed by atoms with Gasteiger partial charge in [0.2, 0.25) is 5.91 Å². The lowest BCUT2D eigenvalue weighted by Crippen LogP contribution is -2.49. The molecular formula is C16H17N3O6S. The van der Waals surface area contributed by atoms with Crippen molar-refractivity contribution in [3.05, 3.63) is 35.4 Å². The number of rotatable bonds is 7. The minimum Gasteiger partial charge on any atom is -0.480 e. The molecule has 1 aromatic rings. The number of aliphatic hydroxyl groups is 1. The Kier molecular flexibility index (Phi) is 6.36. The standard InChI is InChI=1S/C16H17N3O6S/c20-8-11(15(24)25)17-16(26)18-12(21)6-3-7-19-13(22)9-4-1-2-5-10(9)14(19)23/h1-2,4-5,11,20H,3,6-8H2,(H,24,25)(H2,17,18,21,26). The molecule has 1 heterocycles. The topological polar surface area (TPSA) is 136 Å². The van der Waals surface area contributed by atoms with E-state index in [-0.39, 0.29) is 24.5 Å². The molecule has 10 heteroatoms. The average molecular weight is 379 g/mol. The first-order chi connectivity index (χ1) is 12.3. The van der Waals surface area contributed by atoms with Gasteiger partial charge in [-0.05, 0) is 30.8 Å². The first-order valence-corrected chi connectivity index (χ1v) is 8.15. The fourth-order valence-electron chi connectivity index (χ4n) is 2.41. The van der Waals surface area contributed by atoms with Crippen LogP contribution in [0.15, 0.2) is 24.3 Å². The van der Waals surface area contributed by atoms with Crippen LogP contribution in [0.1, 0.15) is 33.6 Å². The van der Waals surface area contributed by atoms with Crippen LogP contribution in [0.3, 0.4) is 0 Å². The van der Waals surface area contributed by atoms with Crippen LogP contribution in [0.5, 0.6) is 0 Å². The van der Waals surface area contributed by atoms with Crippen molar-refractivity contribution in [2.75, 3.05) is 13.2 Å². The number of carbonyl (C=O) groups excluding carboxylic acids is 3. The highest BCUT2D eigenvalue weighted by Gasteiger charge is 2.34. The van der Waals surface area contributed by atoms with Crippen molar-refractivity contribution in [2.45, 2.75) is 18.9 Å². The van der Waals surface area contributed by atoms with Crippen molar-refractivity contribution in [2.24, 2.45) is 0 Å². The third-order valence-electron chi connectivity index (χ3n) is 3.70. The van der Waals surface area contributed by atoms with Crippen LogP contribution in [0.4, 0.5) is 0 Å². The van der Waals surface area contributed by atoms with Gasteiger partial charge < -0.3 is 20.8 Å². The summed E-state index contributed by atoms with van der Waals surface area (Å²) in [7, 11) is 0. The van der Waals surface area contributed by atoms with E-state index in [9.17, 15) is 19.2 Å². The number of carboxylic acids is 1. The molecule has 138 valence electrons. The fraction of sp³-hybridized carbons (Fsp3) is 0.312. The third-order valence-corrected chi connectivity index (χ3v) is 3.92. The number of fused-ring (bicyclic) bond motifs is 1. The number of nitrogens with one attached hydrogen (secondary N) is 2. The minimum atomic E-state index is -1.32. The van der Waals surface area contributed by atoms with Crippen LogP contribution in [0.2, 0.25) is 0 Å². The predicted octanol–water partition coefficient (Wildman–Crippen LogP) is -0.501. The normalized spacial score (nSPS) is 14.0. The van der Waals surface area contributed by atoms with Crippen LogP contribution < -0.4 is 10.6 Å². The molecular weight excluding hydrogens is 362 g/mol. The summed E-state index contributed by atoms with van der Waals surface area (Å²) in [6, 6.07) is 5.18. The van der Waals surface area contributed by atoms with Crippen LogP contribution in [-0.2, 0) is 9.59 Å². The zero-order valence-corrected chi connectivity index (χ0v) is 14.4. The first kappa shape index (κ1) is 19.5. The van der Waals surface area contributed by atoms with Crippen molar-refractivity contribution in [1.82, 2.24) is 15.5 Å². The number of carboxylic acid groups (broad SMARTS) is 1. The fourth-order valence-corrected chi connectivity index (χ4v) is 2.66. The molecule has 0 aliphatic carbocycles. The lowest BCUT2D eigenvalue weighted by atomic mass is 10.1. The van der Waals surface area contributed by atoms with Crippen molar-refractivity contribution in [1.29, 1.82) is 0 Å². The highest BCUT2D eigenvalue weighted by Crippen LogP contribution is 2.22. The highest BCUT2D eigenvalue weighted by molar-refractivity contribution is 7.80. The molecule has 1 aromatic carbocycles. The summed E-state index contributed by atoms with van der Waals surface area (Å²) in [6.07, 6.45) is 0.203. The summed E-state index contributed by atoms with van der Waals surface area (Å²) in [5, 5.41) is 22.0. The quantitative estimate of drug-likeness (QED) is 0.368. The highest BCUT2D eigenvalue weighted by atomic mass is 32.1. The number of benzene rings is 1. The summed E-state index contributed by atoms with van der Waals surface area (Å²) in [6.45, 7) is -0.612. The summed E-state index contributed by atoms with van der Waals surface area (Å²) in [5.74, 6) is -2.60. The lowest BCUT2D eigenvalue weighted by molar-refractivity contribution is -0.140. The maximum atomic E-state index is 12.2. The number of aliphatic carboxylic acids is 1. The molecule has 26 heavy (non-hydrogen) atoms. The molecule has 4 N–H and O–H groups in total. The van der Waals surface area contributed by atoms with E-state index >= 15 is 0 Å². The molecule has 1 atom stereocenters. The average Bonchev–Trinajstić information content (AvgIpc) is 2.84. The third kappa shape index (κ3) is 4.41. The smallest absolute Gasteiger partial charge is 0.328 e. The zero-order valence-electron chi connectivity index (χ0n) is 13.6. The molecule has 9 nitrogen and oxygen atoms in total. The molecule has 0 bridgehead atoms. The van der Waals surface area contributed by atoms with Gasteiger partial charge in [-0.1, -0.05) is 12.1 Å². The largest absolute Gasteiger partial charge is 0.480 e. The molecule has 2 rings (SSSR count). The molecule has 0 saturated carbocycles. The van der Waals surface area contributed by atoms with Gasteiger partial charge in [0.15, 0.2) is 5.11 Å². The van der Waals surface area contributed by atoms with Crippen molar-refractivity contribution >= 4 is 41.0 Å². The van der Waals surface area contributed by atoms with Gasteiger partial charge in [-0.3, -0.25) is 19.3 Å². The number of aliphatic hydroxyl groups excluding tert-OH is 1. The number of imide groups is 1. The van der Waals surface area contributed by atoms with Gasteiger partial charge in [0.25, 0.3) is 11.8 Å². The van der Waals surface area contributed by atoms with Gasteiger partial charge in [-0.2, -0.15) is 0 Å². The van der Waals surface area contributed by atoms with E-state index in [0.717, 1.165) is 4.90 Å². The molecule has 0 spiro atoms. The number of carbonyl (C=O) groups is 4. The number of hydrogen-bond acceptors (Lipinski definition) is 6. The van der Waals surface area contributed by atoms with E-state index in [0.29, 0.717) is 11.1 Å². The van der Waals surface area contributed by atoms with Crippen molar-refractivity contribution in [3.63, 3.8) is 0 Å². The Morgan fingerprint density at radius 1 is 1.15 bits per heavy atom. The molecule has 0 fully saturated rings. The van der Waals surface area contributed by atoms with Crippen LogP contribution >= 0.6 is 12.2 Å². The van der Waals surface area contributed by atoms with Crippen LogP contribution in [-0.4, -0.2) is 63.1 Å². The van der Waals surface area contributed by atoms with Gasteiger partial charge in [0.1, 0.15) is 6.04 Å². The molecule has 3 amide bonds. The Balaban J connectivity index is 1.79. The van der Waals surface area contributed by atoms with Gasteiger partial charge in [0, 0.05) is 13.0 Å². The summed E-state index contributed by atoms with van der Waals surface area (Å²) >= 11 is 4.80. The number of hydrogen-bond donors (Lipinski definition) is 4. The summed E-state index contributed by atoms with van der Waals surface area (Å²) in [5.41, 5.74) is 0.687. The SMILES string of the molecule is O=C(CCCN1C(=O)c2ccccc2C1=O)NC(=S)NC(CO)C(=O)O. The molecule has 1 unspecified atom stereocenters. The Labute approximate surface area is 154 Å². The monoisotopic (exact) mass is 379 g/mol.